The molecule has 3 aromatic rings. The average molecular weight is 741 g/mol. The Morgan fingerprint density at radius 1 is 0.944 bits per heavy atom. The van der Waals surface area contributed by atoms with Gasteiger partial charge in [-0.05, 0) is 74.6 Å². The largest absolute Gasteiger partial charge is 0.453 e. The first-order valence-corrected chi connectivity index (χ1v) is 18.8. The number of nitrogens with zero attached hydrogens (tertiary/aromatic N) is 4. The summed E-state index contributed by atoms with van der Waals surface area (Å²) in [5.41, 5.74) is 4.46. The predicted molar refractivity (Wildman–Crippen MR) is 204 cm³/mol. The molecule has 54 heavy (non-hydrogen) atoms. The highest BCUT2D eigenvalue weighted by Crippen LogP contribution is 2.29. The van der Waals surface area contributed by atoms with E-state index in [2.05, 4.69) is 62.3 Å². The summed E-state index contributed by atoms with van der Waals surface area (Å²) in [6, 6.07) is 15.2. The lowest BCUT2D eigenvalue weighted by molar-refractivity contribution is -0.136. The lowest BCUT2D eigenvalue weighted by atomic mass is 9.99. The molecule has 1 aromatic heterocycles. The normalized spacial score (nSPS) is 20.7. The molecule has 2 fully saturated rings. The van der Waals surface area contributed by atoms with E-state index in [-0.39, 0.29) is 29.8 Å². The van der Waals surface area contributed by atoms with Crippen LogP contribution in [-0.4, -0.2) is 100 Å². The average Bonchev–Trinajstić information content (AvgIpc) is 3.93. The second-order valence-corrected chi connectivity index (χ2v) is 15.5. The van der Waals surface area contributed by atoms with Crippen LogP contribution in [0, 0.1) is 5.92 Å². The maximum absolute atomic E-state index is 13.5. The molecule has 14 nitrogen and oxygen atoms in total. The van der Waals surface area contributed by atoms with Gasteiger partial charge in [0, 0.05) is 13.1 Å². The number of methoxy groups -OCH3 is 1. The smallest absolute Gasteiger partial charge is 0.408 e. The van der Waals surface area contributed by atoms with Crippen molar-refractivity contribution in [2.24, 2.45) is 10.9 Å². The zero-order valence-electron chi connectivity index (χ0n) is 32.0. The number of rotatable bonds is 10. The number of likely N-dealkylation sites (tertiary alicyclic amines) is 2. The summed E-state index contributed by atoms with van der Waals surface area (Å²) >= 11 is 0. The van der Waals surface area contributed by atoms with Gasteiger partial charge in [-0.3, -0.25) is 14.6 Å². The van der Waals surface area contributed by atoms with E-state index in [1.165, 1.54) is 7.11 Å². The fourth-order valence-corrected chi connectivity index (χ4v) is 7.24. The Bertz CT molecular complexity index is 1850. The third-order valence-electron chi connectivity index (χ3n) is 10.0. The summed E-state index contributed by atoms with van der Waals surface area (Å²) in [6.45, 7) is 11.3. The molecule has 4 atom stereocenters. The summed E-state index contributed by atoms with van der Waals surface area (Å²) < 4.78 is 10.1. The number of alkyl carbamates (subject to hydrolysis) is 2. The highest BCUT2D eigenvalue weighted by atomic mass is 16.6. The Morgan fingerprint density at radius 3 is 2.28 bits per heavy atom. The second-order valence-electron chi connectivity index (χ2n) is 15.5. The molecule has 14 heteroatoms. The van der Waals surface area contributed by atoms with Gasteiger partial charge in [0.05, 0.1) is 44.2 Å². The number of piperidine rings is 1. The number of hydrogen-bond acceptors (Lipinski definition) is 9. The Kier molecular flexibility index (Phi) is 11.6. The van der Waals surface area contributed by atoms with E-state index in [1.54, 1.807) is 31.9 Å². The first kappa shape index (κ1) is 38.3. The molecule has 3 aliphatic rings. The van der Waals surface area contributed by atoms with Crippen LogP contribution in [0.25, 0.3) is 22.4 Å². The second kappa shape index (κ2) is 16.3. The maximum atomic E-state index is 13.5. The van der Waals surface area contributed by atoms with Crippen LogP contribution in [0.3, 0.4) is 0 Å². The van der Waals surface area contributed by atoms with E-state index in [0.29, 0.717) is 38.4 Å². The van der Waals surface area contributed by atoms with Gasteiger partial charge in [0.15, 0.2) is 0 Å². The van der Waals surface area contributed by atoms with Crippen molar-refractivity contribution in [3.05, 3.63) is 66.1 Å². The Labute approximate surface area is 316 Å². The summed E-state index contributed by atoms with van der Waals surface area (Å²) in [5, 5.41) is 9.00. The van der Waals surface area contributed by atoms with Gasteiger partial charge >= 0.3 is 12.2 Å². The molecule has 4 heterocycles. The number of imidazole rings is 1. The number of carbonyl (C=O) groups excluding carboxylic acids is 4. The molecule has 3 aliphatic heterocycles. The number of aromatic amines is 1. The van der Waals surface area contributed by atoms with Crippen molar-refractivity contribution in [1.29, 1.82) is 0 Å². The molecule has 2 saturated heterocycles. The van der Waals surface area contributed by atoms with Crippen LogP contribution in [-0.2, 0) is 25.6 Å². The van der Waals surface area contributed by atoms with Gasteiger partial charge in [-0.15, -0.1) is 0 Å². The minimum absolute atomic E-state index is 0.00463. The summed E-state index contributed by atoms with van der Waals surface area (Å²) in [7, 11) is 1.29. The number of H-pyrrole nitrogens is 1. The Hall–Kier alpha value is -5.40. The fourth-order valence-electron chi connectivity index (χ4n) is 7.24. The number of amides is 4. The van der Waals surface area contributed by atoms with Crippen LogP contribution < -0.4 is 16.0 Å². The van der Waals surface area contributed by atoms with Gasteiger partial charge in [0.25, 0.3) is 0 Å². The highest BCUT2D eigenvalue weighted by Gasteiger charge is 2.39. The van der Waals surface area contributed by atoms with Crippen molar-refractivity contribution in [2.45, 2.75) is 96.6 Å². The van der Waals surface area contributed by atoms with Crippen molar-refractivity contribution >= 4 is 29.8 Å². The molecular formula is C40H52N8O6. The van der Waals surface area contributed by atoms with E-state index in [0.717, 1.165) is 53.0 Å². The van der Waals surface area contributed by atoms with Crippen LogP contribution in [0.1, 0.15) is 77.7 Å². The highest BCUT2D eigenvalue weighted by molar-refractivity contribution is 5.95. The Balaban J connectivity index is 1.03. The SMILES string of the molecule is COC(=O)N[C@H](C(=O)N1CCC[C@H]1C1=NCC(c2ccc(-c3ccc(-c4cnc(CN5CCC[C@H](NC(=O)OC(C)(C)C)C5=O)[nH]4)cc3)cc2)N1)C(C)C. The number of carbonyl (C=O) groups is 4. The molecule has 0 radical (unpaired) electrons. The third-order valence-corrected chi connectivity index (χ3v) is 10.0. The van der Waals surface area contributed by atoms with Gasteiger partial charge in [-0.1, -0.05) is 62.4 Å². The molecule has 2 aromatic carbocycles. The lowest BCUT2D eigenvalue weighted by Crippen LogP contribution is -2.54. The molecule has 288 valence electrons. The van der Waals surface area contributed by atoms with E-state index in [9.17, 15) is 19.2 Å². The van der Waals surface area contributed by atoms with E-state index in [1.807, 2.05) is 30.9 Å². The van der Waals surface area contributed by atoms with Crippen molar-refractivity contribution < 1.29 is 28.7 Å². The number of hydrogen-bond donors (Lipinski definition) is 4. The molecule has 0 spiro atoms. The molecule has 6 rings (SSSR count). The standard InChI is InChI=1S/C40H52N8O6/c1-24(2)34(46-38(51)53-6)37(50)48-20-8-10-32(48)35-42-22-31(44-35)28-17-13-26(14-18-28)25-11-15-27(16-12-25)30-21-41-33(43-30)23-47-19-7-9-29(36(47)49)45-39(52)54-40(3,4)5/h11-18,21,24,29,31-32,34H,7-10,19-20,22-23H2,1-6H3,(H,41,43)(H,42,44)(H,45,52)(H,46,51)/t29-,31?,32-,34-/m0/s1. The summed E-state index contributed by atoms with van der Waals surface area (Å²) in [6.07, 6.45) is 3.60. The number of amidine groups is 1. The van der Waals surface area contributed by atoms with Crippen molar-refractivity contribution in [3.63, 3.8) is 0 Å². The van der Waals surface area contributed by atoms with Crippen LogP contribution in [0.4, 0.5) is 9.59 Å². The first-order chi connectivity index (χ1) is 25.8. The molecule has 4 N–H and O–H groups in total. The summed E-state index contributed by atoms with van der Waals surface area (Å²) in [4.78, 5) is 67.1. The van der Waals surface area contributed by atoms with Crippen molar-refractivity contribution in [3.8, 4) is 22.4 Å². The van der Waals surface area contributed by atoms with Gasteiger partial charge < -0.3 is 40.2 Å². The zero-order chi connectivity index (χ0) is 38.6. The van der Waals surface area contributed by atoms with Gasteiger partial charge in [0.1, 0.15) is 29.3 Å². The molecular weight excluding hydrogens is 688 g/mol. The first-order valence-electron chi connectivity index (χ1n) is 18.8. The van der Waals surface area contributed by atoms with E-state index < -0.39 is 29.9 Å². The molecule has 1 unspecified atom stereocenters. The quantitative estimate of drug-likeness (QED) is 0.221. The molecule has 4 amide bonds. The van der Waals surface area contributed by atoms with Gasteiger partial charge in [0.2, 0.25) is 11.8 Å². The molecule has 0 bridgehead atoms. The topological polar surface area (TPSA) is 170 Å². The lowest BCUT2D eigenvalue weighted by Gasteiger charge is -2.32. The Morgan fingerprint density at radius 2 is 1.61 bits per heavy atom. The number of benzene rings is 2. The third kappa shape index (κ3) is 9.03. The van der Waals surface area contributed by atoms with Gasteiger partial charge in [-0.25, -0.2) is 14.6 Å². The van der Waals surface area contributed by atoms with Crippen molar-refractivity contribution in [1.82, 2.24) is 35.7 Å². The van der Waals surface area contributed by atoms with Crippen LogP contribution in [0.5, 0.6) is 0 Å². The minimum atomic E-state index is -0.670. The number of aliphatic imine (C=N–C) groups is 1. The monoisotopic (exact) mass is 740 g/mol. The van der Waals surface area contributed by atoms with E-state index >= 15 is 0 Å². The number of nitrogens with one attached hydrogen (secondary N) is 4. The maximum Gasteiger partial charge on any atom is 0.408 e. The van der Waals surface area contributed by atoms with Crippen LogP contribution in [0.2, 0.25) is 0 Å². The number of aromatic nitrogens is 2. The predicted octanol–water partition coefficient (Wildman–Crippen LogP) is 5.17. The van der Waals surface area contributed by atoms with Crippen LogP contribution in [0.15, 0.2) is 59.7 Å². The van der Waals surface area contributed by atoms with Gasteiger partial charge in [-0.2, -0.15) is 0 Å². The fraction of sp³-hybridized carbons (Fsp3) is 0.500. The summed E-state index contributed by atoms with van der Waals surface area (Å²) in [5.74, 6) is 1.14. The molecule has 0 aliphatic carbocycles. The molecule has 0 saturated carbocycles. The zero-order valence-corrected chi connectivity index (χ0v) is 32.0. The number of ether oxygens (including phenoxy) is 2. The minimum Gasteiger partial charge on any atom is -0.453 e. The van der Waals surface area contributed by atoms with Crippen molar-refractivity contribution in [2.75, 3.05) is 26.7 Å². The van der Waals surface area contributed by atoms with Crippen LogP contribution >= 0.6 is 0 Å². The van der Waals surface area contributed by atoms with E-state index in [4.69, 9.17) is 14.5 Å².